The molecular formula is C65H112O6. The SMILES string of the molecule is CC/C=C\C/C=C\C/C=C\C/C=C\CCCCCCCCC(=O)OCC(COC(=O)CCCCCCC/C=C\C/C=C\CCCCC)OC(=O)CCCCCCCCCCC/C=C\CCCCCCCC. The summed E-state index contributed by atoms with van der Waals surface area (Å²) in [5.41, 5.74) is 0. The maximum atomic E-state index is 12.9. The maximum absolute atomic E-state index is 12.9. The Morgan fingerprint density at radius 1 is 0.296 bits per heavy atom. The number of hydrogen-bond donors (Lipinski definition) is 0. The highest BCUT2D eigenvalue weighted by atomic mass is 16.6. The van der Waals surface area contributed by atoms with Crippen LogP contribution in [0.3, 0.4) is 0 Å². The molecule has 0 saturated carbocycles. The van der Waals surface area contributed by atoms with Crippen LogP contribution in [0.5, 0.6) is 0 Å². The number of allylic oxidation sites excluding steroid dienone is 14. The fourth-order valence-corrected chi connectivity index (χ4v) is 8.34. The molecule has 0 aliphatic carbocycles. The van der Waals surface area contributed by atoms with E-state index in [1.807, 2.05) is 0 Å². The fraction of sp³-hybridized carbons (Fsp3) is 0.738. The summed E-state index contributed by atoms with van der Waals surface area (Å²) in [5, 5.41) is 0. The summed E-state index contributed by atoms with van der Waals surface area (Å²) in [6.07, 6.45) is 77.1. The first kappa shape index (κ1) is 67.6. The van der Waals surface area contributed by atoms with Crippen LogP contribution in [-0.4, -0.2) is 37.2 Å². The molecule has 6 nitrogen and oxygen atoms in total. The maximum Gasteiger partial charge on any atom is 0.306 e. The van der Waals surface area contributed by atoms with Crippen LogP contribution in [0.25, 0.3) is 0 Å². The van der Waals surface area contributed by atoms with Gasteiger partial charge in [-0.05, 0) is 116 Å². The Bertz CT molecular complexity index is 1370. The molecular weight excluding hydrogens is 877 g/mol. The summed E-state index contributed by atoms with van der Waals surface area (Å²) in [6, 6.07) is 0. The van der Waals surface area contributed by atoms with E-state index in [4.69, 9.17) is 14.2 Å². The van der Waals surface area contributed by atoms with Gasteiger partial charge in [0.1, 0.15) is 13.2 Å². The van der Waals surface area contributed by atoms with E-state index in [1.54, 1.807) is 0 Å². The zero-order valence-corrected chi connectivity index (χ0v) is 46.7. The molecule has 0 fully saturated rings. The van der Waals surface area contributed by atoms with Gasteiger partial charge in [0.25, 0.3) is 0 Å². The van der Waals surface area contributed by atoms with E-state index >= 15 is 0 Å². The van der Waals surface area contributed by atoms with Gasteiger partial charge in [0.2, 0.25) is 0 Å². The Hall–Kier alpha value is -3.41. The third-order valence-corrected chi connectivity index (χ3v) is 12.9. The molecule has 0 spiro atoms. The number of unbranched alkanes of at least 4 members (excludes halogenated alkanes) is 29. The van der Waals surface area contributed by atoms with Crippen molar-refractivity contribution in [3.05, 3.63) is 85.1 Å². The number of rotatable bonds is 54. The molecule has 0 aliphatic heterocycles. The van der Waals surface area contributed by atoms with Crippen LogP contribution in [-0.2, 0) is 28.6 Å². The van der Waals surface area contributed by atoms with E-state index in [2.05, 4.69) is 106 Å². The van der Waals surface area contributed by atoms with Crippen LogP contribution in [0, 0.1) is 0 Å². The third kappa shape index (κ3) is 57.4. The monoisotopic (exact) mass is 989 g/mol. The van der Waals surface area contributed by atoms with Gasteiger partial charge in [-0.2, -0.15) is 0 Å². The first-order valence-corrected chi connectivity index (χ1v) is 30.1. The van der Waals surface area contributed by atoms with Crippen molar-refractivity contribution in [2.24, 2.45) is 0 Å². The number of hydrogen-bond acceptors (Lipinski definition) is 6. The molecule has 71 heavy (non-hydrogen) atoms. The first-order valence-electron chi connectivity index (χ1n) is 30.1. The molecule has 0 bridgehead atoms. The second-order valence-electron chi connectivity index (χ2n) is 19.9. The van der Waals surface area contributed by atoms with Gasteiger partial charge in [-0.25, -0.2) is 0 Å². The van der Waals surface area contributed by atoms with Crippen LogP contribution >= 0.6 is 0 Å². The number of esters is 3. The summed E-state index contributed by atoms with van der Waals surface area (Å²) in [5.74, 6) is -0.909. The summed E-state index contributed by atoms with van der Waals surface area (Å²) in [6.45, 7) is 6.49. The molecule has 0 aromatic carbocycles. The normalized spacial score (nSPS) is 12.7. The molecule has 0 rings (SSSR count). The summed E-state index contributed by atoms with van der Waals surface area (Å²) >= 11 is 0. The van der Waals surface area contributed by atoms with Crippen LogP contribution in [0.15, 0.2) is 85.1 Å². The number of ether oxygens (including phenoxy) is 3. The average molecular weight is 990 g/mol. The van der Waals surface area contributed by atoms with E-state index < -0.39 is 6.10 Å². The Labute approximate surface area is 439 Å². The Balaban J connectivity index is 4.42. The molecule has 0 heterocycles. The third-order valence-electron chi connectivity index (χ3n) is 12.9. The zero-order valence-electron chi connectivity index (χ0n) is 46.7. The Morgan fingerprint density at radius 2 is 0.549 bits per heavy atom. The molecule has 1 unspecified atom stereocenters. The van der Waals surface area contributed by atoms with Gasteiger partial charge in [-0.1, -0.05) is 241 Å². The smallest absolute Gasteiger partial charge is 0.306 e. The highest BCUT2D eigenvalue weighted by Gasteiger charge is 2.19. The van der Waals surface area contributed by atoms with Crippen LogP contribution < -0.4 is 0 Å². The van der Waals surface area contributed by atoms with Gasteiger partial charge >= 0.3 is 17.9 Å². The molecule has 0 aromatic heterocycles. The largest absolute Gasteiger partial charge is 0.462 e. The first-order chi connectivity index (χ1) is 35.0. The van der Waals surface area contributed by atoms with Crippen molar-refractivity contribution in [3.63, 3.8) is 0 Å². The topological polar surface area (TPSA) is 78.9 Å². The molecule has 0 aliphatic rings. The molecule has 1 atom stereocenters. The van der Waals surface area contributed by atoms with E-state index in [9.17, 15) is 14.4 Å². The van der Waals surface area contributed by atoms with E-state index in [0.717, 1.165) is 109 Å². The molecule has 0 saturated heterocycles. The van der Waals surface area contributed by atoms with Crippen LogP contribution in [0.4, 0.5) is 0 Å². The van der Waals surface area contributed by atoms with Gasteiger partial charge < -0.3 is 14.2 Å². The van der Waals surface area contributed by atoms with Crippen LogP contribution in [0.1, 0.15) is 290 Å². The van der Waals surface area contributed by atoms with Crippen molar-refractivity contribution in [3.8, 4) is 0 Å². The molecule has 0 aromatic rings. The minimum Gasteiger partial charge on any atom is -0.462 e. The number of carbonyl (C=O) groups is 3. The van der Waals surface area contributed by atoms with Crippen LogP contribution in [0.2, 0.25) is 0 Å². The van der Waals surface area contributed by atoms with Crippen molar-refractivity contribution < 1.29 is 28.6 Å². The minimum absolute atomic E-state index is 0.0888. The standard InChI is InChI=1S/C65H112O6/c1-4-7-10-13-16-19-22-25-28-30-32-34-37-40-43-46-49-52-55-58-64(67)70-61-62(60-69-63(66)57-54-51-48-45-42-39-36-27-24-21-18-15-12-9-6-3)71-65(68)59-56-53-50-47-44-41-38-35-33-31-29-26-23-20-17-14-11-8-5-2/h7,10,16,18-19,21,25-29,32,34,36,62H,4-6,8-9,11-15,17,20,22-24,30-31,33,35,37-61H2,1-3H3/b10-7-,19-16-,21-18-,28-25-,29-26-,34-32-,36-27-. The highest BCUT2D eigenvalue weighted by Crippen LogP contribution is 2.15. The van der Waals surface area contributed by atoms with Gasteiger partial charge in [0, 0.05) is 19.3 Å². The lowest BCUT2D eigenvalue weighted by Gasteiger charge is -2.18. The molecule has 408 valence electrons. The summed E-state index contributed by atoms with van der Waals surface area (Å²) < 4.78 is 16.9. The second kappa shape index (κ2) is 59.2. The molecule has 0 radical (unpaired) electrons. The molecule has 0 amide bonds. The van der Waals surface area contributed by atoms with E-state index in [-0.39, 0.29) is 31.1 Å². The van der Waals surface area contributed by atoms with Gasteiger partial charge in [-0.15, -0.1) is 0 Å². The van der Waals surface area contributed by atoms with E-state index in [1.165, 1.54) is 141 Å². The summed E-state index contributed by atoms with van der Waals surface area (Å²) in [7, 11) is 0. The lowest BCUT2D eigenvalue weighted by atomic mass is 10.1. The summed E-state index contributed by atoms with van der Waals surface area (Å²) in [4.78, 5) is 38.2. The minimum atomic E-state index is -0.791. The van der Waals surface area contributed by atoms with Crippen molar-refractivity contribution in [1.29, 1.82) is 0 Å². The average Bonchev–Trinajstić information content (AvgIpc) is 3.37. The molecule has 6 heteroatoms. The fourth-order valence-electron chi connectivity index (χ4n) is 8.34. The predicted octanol–water partition coefficient (Wildman–Crippen LogP) is 20.3. The van der Waals surface area contributed by atoms with Gasteiger partial charge in [0.05, 0.1) is 0 Å². The van der Waals surface area contributed by atoms with Gasteiger partial charge in [-0.3, -0.25) is 14.4 Å². The lowest BCUT2D eigenvalue weighted by Crippen LogP contribution is -2.30. The molecule has 0 N–H and O–H groups in total. The van der Waals surface area contributed by atoms with Gasteiger partial charge in [0.15, 0.2) is 6.10 Å². The number of carbonyl (C=O) groups excluding carboxylic acids is 3. The van der Waals surface area contributed by atoms with Crippen molar-refractivity contribution in [1.82, 2.24) is 0 Å². The predicted molar refractivity (Wildman–Crippen MR) is 307 cm³/mol. The van der Waals surface area contributed by atoms with Crippen molar-refractivity contribution >= 4 is 17.9 Å². The zero-order chi connectivity index (χ0) is 51.4. The quantitative estimate of drug-likeness (QED) is 0.0261. The van der Waals surface area contributed by atoms with E-state index in [0.29, 0.717) is 19.3 Å². The Kier molecular flexibility index (Phi) is 56.3. The Morgan fingerprint density at radius 3 is 0.901 bits per heavy atom. The van der Waals surface area contributed by atoms with Crippen molar-refractivity contribution in [2.45, 2.75) is 297 Å². The second-order valence-corrected chi connectivity index (χ2v) is 19.9. The van der Waals surface area contributed by atoms with Crippen molar-refractivity contribution in [2.75, 3.05) is 13.2 Å². The highest BCUT2D eigenvalue weighted by molar-refractivity contribution is 5.71. The lowest BCUT2D eigenvalue weighted by molar-refractivity contribution is -0.167.